The molecule has 0 aliphatic heterocycles. The molecule has 1 atom stereocenters. The molecular formula is C24H29N3O3S2. The van der Waals surface area contributed by atoms with Crippen molar-refractivity contribution in [2.24, 2.45) is 5.41 Å². The standard InChI is InChI=1S/C24H29N3O3S2/c1-6-19(22(29)27-23-26-18-11-10-16(30-5)13-20(18)32-23)31-17-9-7-8-15(12-17)25-21(28)14-24(2,3)4/h7-13,19H,6,14H2,1-5H3,(H,25,28)(H,26,27,29). The number of methoxy groups -OCH3 is 1. The summed E-state index contributed by atoms with van der Waals surface area (Å²) < 4.78 is 6.21. The van der Waals surface area contributed by atoms with Crippen molar-refractivity contribution in [2.45, 2.75) is 50.7 Å². The van der Waals surface area contributed by atoms with Gasteiger partial charge in [0.05, 0.1) is 22.6 Å². The van der Waals surface area contributed by atoms with E-state index in [0.717, 1.165) is 26.5 Å². The minimum absolute atomic E-state index is 0.0168. The van der Waals surface area contributed by atoms with Crippen LogP contribution in [0.25, 0.3) is 10.2 Å². The van der Waals surface area contributed by atoms with Gasteiger partial charge in [0.25, 0.3) is 0 Å². The number of nitrogens with zero attached hydrogens (tertiary/aromatic N) is 1. The van der Waals surface area contributed by atoms with Crippen molar-refractivity contribution in [3.05, 3.63) is 42.5 Å². The average molecular weight is 472 g/mol. The van der Waals surface area contributed by atoms with Gasteiger partial charge in [-0.05, 0) is 48.2 Å². The fourth-order valence-corrected chi connectivity index (χ4v) is 5.00. The Morgan fingerprint density at radius 2 is 1.94 bits per heavy atom. The summed E-state index contributed by atoms with van der Waals surface area (Å²) in [7, 11) is 1.62. The first-order valence-corrected chi connectivity index (χ1v) is 12.2. The van der Waals surface area contributed by atoms with E-state index >= 15 is 0 Å². The van der Waals surface area contributed by atoms with E-state index < -0.39 is 0 Å². The molecule has 170 valence electrons. The molecule has 2 amide bonds. The van der Waals surface area contributed by atoms with Crippen LogP contribution in [-0.2, 0) is 9.59 Å². The van der Waals surface area contributed by atoms with E-state index in [1.807, 2.05) is 70.2 Å². The summed E-state index contributed by atoms with van der Waals surface area (Å²) in [5.41, 5.74) is 1.48. The van der Waals surface area contributed by atoms with Crippen molar-refractivity contribution in [1.82, 2.24) is 4.98 Å². The molecule has 6 nitrogen and oxygen atoms in total. The summed E-state index contributed by atoms with van der Waals surface area (Å²) in [4.78, 5) is 30.6. The van der Waals surface area contributed by atoms with Gasteiger partial charge < -0.3 is 15.4 Å². The van der Waals surface area contributed by atoms with Crippen LogP contribution in [-0.4, -0.2) is 29.2 Å². The van der Waals surface area contributed by atoms with Crippen molar-refractivity contribution >= 4 is 55.9 Å². The van der Waals surface area contributed by atoms with Crippen LogP contribution in [0.4, 0.5) is 10.8 Å². The molecule has 2 N–H and O–H groups in total. The second kappa shape index (κ2) is 10.4. The third kappa shape index (κ3) is 6.71. The highest BCUT2D eigenvalue weighted by Crippen LogP contribution is 2.32. The van der Waals surface area contributed by atoms with Crippen LogP contribution in [0.5, 0.6) is 5.75 Å². The first kappa shape index (κ1) is 24.1. The Kier molecular flexibility index (Phi) is 7.79. The number of rotatable bonds is 8. The third-order valence-corrected chi connectivity index (χ3v) is 6.87. The molecule has 1 unspecified atom stereocenters. The number of thioether (sulfide) groups is 1. The predicted molar refractivity (Wildman–Crippen MR) is 134 cm³/mol. The van der Waals surface area contributed by atoms with Gasteiger partial charge in [0.15, 0.2) is 5.13 Å². The maximum atomic E-state index is 12.9. The summed E-state index contributed by atoms with van der Waals surface area (Å²) in [5.74, 6) is 0.651. The SMILES string of the molecule is CCC(Sc1cccc(NC(=O)CC(C)(C)C)c1)C(=O)Nc1nc2ccc(OC)cc2s1. The number of fused-ring (bicyclic) bond motifs is 1. The fraction of sp³-hybridized carbons (Fsp3) is 0.375. The van der Waals surface area contributed by atoms with E-state index in [-0.39, 0.29) is 22.5 Å². The van der Waals surface area contributed by atoms with Gasteiger partial charge in [0.1, 0.15) is 5.75 Å². The molecule has 0 saturated carbocycles. The van der Waals surface area contributed by atoms with Gasteiger partial charge in [0, 0.05) is 17.0 Å². The Hall–Kier alpha value is -2.58. The number of carbonyl (C=O) groups is 2. The quantitative estimate of drug-likeness (QED) is 0.383. The Labute approximate surface area is 197 Å². The van der Waals surface area contributed by atoms with Crippen LogP contribution in [0.1, 0.15) is 40.5 Å². The lowest BCUT2D eigenvalue weighted by molar-refractivity contribution is -0.118. The lowest BCUT2D eigenvalue weighted by Crippen LogP contribution is -2.24. The number of benzene rings is 2. The van der Waals surface area contributed by atoms with Crippen LogP contribution >= 0.6 is 23.1 Å². The maximum absolute atomic E-state index is 12.9. The summed E-state index contributed by atoms with van der Waals surface area (Å²) in [5, 5.41) is 6.19. The van der Waals surface area contributed by atoms with Crippen molar-refractivity contribution < 1.29 is 14.3 Å². The van der Waals surface area contributed by atoms with Gasteiger partial charge in [-0.2, -0.15) is 0 Å². The number of hydrogen-bond donors (Lipinski definition) is 2. The minimum Gasteiger partial charge on any atom is -0.497 e. The van der Waals surface area contributed by atoms with E-state index in [4.69, 9.17) is 4.74 Å². The van der Waals surface area contributed by atoms with Gasteiger partial charge in [-0.15, -0.1) is 11.8 Å². The molecule has 0 radical (unpaired) electrons. The van der Waals surface area contributed by atoms with Gasteiger partial charge in [0.2, 0.25) is 11.8 Å². The Morgan fingerprint density at radius 1 is 1.16 bits per heavy atom. The molecule has 3 aromatic rings. The van der Waals surface area contributed by atoms with Crippen LogP contribution in [0.2, 0.25) is 0 Å². The second-order valence-corrected chi connectivity index (χ2v) is 11.0. The van der Waals surface area contributed by atoms with Gasteiger partial charge in [-0.3, -0.25) is 9.59 Å². The Balaban J connectivity index is 1.65. The lowest BCUT2D eigenvalue weighted by Gasteiger charge is -2.18. The van der Waals surface area contributed by atoms with Crippen LogP contribution in [0.3, 0.4) is 0 Å². The fourth-order valence-electron chi connectivity index (χ4n) is 3.09. The summed E-state index contributed by atoms with van der Waals surface area (Å²) in [6.07, 6.45) is 1.11. The van der Waals surface area contributed by atoms with Gasteiger partial charge in [-0.1, -0.05) is 45.1 Å². The minimum atomic E-state index is -0.280. The highest BCUT2D eigenvalue weighted by molar-refractivity contribution is 8.00. The largest absolute Gasteiger partial charge is 0.497 e. The molecule has 3 rings (SSSR count). The number of amides is 2. The average Bonchev–Trinajstić information content (AvgIpc) is 3.11. The lowest BCUT2D eigenvalue weighted by atomic mass is 9.92. The molecular weight excluding hydrogens is 442 g/mol. The second-order valence-electron chi connectivity index (χ2n) is 8.67. The summed E-state index contributed by atoms with van der Waals surface area (Å²) >= 11 is 2.90. The normalized spacial score (nSPS) is 12.4. The zero-order chi connectivity index (χ0) is 23.3. The number of ether oxygens (including phenoxy) is 1. The number of aromatic nitrogens is 1. The van der Waals surface area contributed by atoms with Gasteiger partial charge in [-0.25, -0.2) is 4.98 Å². The maximum Gasteiger partial charge on any atom is 0.239 e. The van der Waals surface area contributed by atoms with E-state index in [2.05, 4.69) is 15.6 Å². The number of anilines is 2. The van der Waals surface area contributed by atoms with Crippen LogP contribution in [0, 0.1) is 5.41 Å². The summed E-state index contributed by atoms with van der Waals surface area (Å²) in [6.45, 7) is 8.08. The Bertz CT molecular complexity index is 1110. The first-order valence-electron chi connectivity index (χ1n) is 10.5. The molecule has 32 heavy (non-hydrogen) atoms. The zero-order valence-electron chi connectivity index (χ0n) is 19.0. The molecule has 0 fully saturated rings. The van der Waals surface area contributed by atoms with Crippen molar-refractivity contribution in [3.63, 3.8) is 0 Å². The van der Waals surface area contributed by atoms with Crippen LogP contribution < -0.4 is 15.4 Å². The molecule has 0 aliphatic rings. The molecule has 2 aromatic carbocycles. The van der Waals surface area contributed by atoms with Crippen molar-refractivity contribution in [3.8, 4) is 5.75 Å². The number of nitrogens with one attached hydrogen (secondary N) is 2. The summed E-state index contributed by atoms with van der Waals surface area (Å²) in [6, 6.07) is 13.3. The molecule has 0 spiro atoms. The predicted octanol–water partition coefficient (Wildman–Crippen LogP) is 6.19. The third-order valence-electron chi connectivity index (χ3n) is 4.58. The first-order chi connectivity index (χ1) is 15.2. The molecule has 0 saturated heterocycles. The number of carbonyl (C=O) groups excluding carboxylic acids is 2. The highest BCUT2D eigenvalue weighted by Gasteiger charge is 2.20. The van der Waals surface area contributed by atoms with Crippen LogP contribution in [0.15, 0.2) is 47.4 Å². The monoisotopic (exact) mass is 471 g/mol. The molecule has 8 heteroatoms. The smallest absolute Gasteiger partial charge is 0.239 e. The molecule has 1 aromatic heterocycles. The van der Waals surface area contributed by atoms with E-state index in [0.29, 0.717) is 18.0 Å². The van der Waals surface area contributed by atoms with E-state index in [9.17, 15) is 9.59 Å². The highest BCUT2D eigenvalue weighted by atomic mass is 32.2. The molecule has 0 aliphatic carbocycles. The van der Waals surface area contributed by atoms with E-state index in [1.54, 1.807) is 7.11 Å². The Morgan fingerprint density at radius 3 is 2.62 bits per heavy atom. The van der Waals surface area contributed by atoms with Crippen molar-refractivity contribution in [1.29, 1.82) is 0 Å². The molecule has 0 bridgehead atoms. The van der Waals surface area contributed by atoms with Crippen molar-refractivity contribution in [2.75, 3.05) is 17.7 Å². The topological polar surface area (TPSA) is 80.3 Å². The van der Waals surface area contributed by atoms with Gasteiger partial charge >= 0.3 is 0 Å². The number of hydrogen-bond acceptors (Lipinski definition) is 6. The van der Waals surface area contributed by atoms with E-state index in [1.165, 1.54) is 23.1 Å². The molecule has 1 heterocycles. The zero-order valence-corrected chi connectivity index (χ0v) is 20.7. The number of thiazole rings is 1.